The van der Waals surface area contributed by atoms with E-state index in [1.807, 2.05) is 0 Å². The van der Waals surface area contributed by atoms with Gasteiger partial charge in [0.1, 0.15) is 6.29 Å². The minimum atomic E-state index is -0.708. The summed E-state index contributed by atoms with van der Waals surface area (Å²) in [7, 11) is 2.67. The van der Waals surface area contributed by atoms with Gasteiger partial charge in [0.15, 0.2) is 17.3 Å². The average Bonchev–Trinajstić information content (AvgIpc) is 2.37. The van der Waals surface area contributed by atoms with Gasteiger partial charge in [-0.05, 0) is 0 Å². The smallest absolute Gasteiger partial charge is 0.284 e. The average molecular weight is 253 g/mol. The number of ketones is 1. The lowest BCUT2D eigenvalue weighted by Gasteiger charge is -2.09. The van der Waals surface area contributed by atoms with Crippen molar-refractivity contribution in [1.82, 2.24) is 0 Å². The number of hydrogen-bond acceptors (Lipinski definition) is 6. The fourth-order valence-electron chi connectivity index (χ4n) is 1.43. The van der Waals surface area contributed by atoms with Crippen LogP contribution in [-0.4, -0.2) is 31.2 Å². The van der Waals surface area contributed by atoms with Crippen LogP contribution < -0.4 is 9.47 Å². The molecule has 0 aliphatic rings. The summed E-state index contributed by atoms with van der Waals surface area (Å²) in [5, 5.41) is 10.9. The van der Waals surface area contributed by atoms with Crippen LogP contribution in [0.1, 0.15) is 16.8 Å². The molecule has 96 valence electrons. The SMILES string of the molecule is COc1cc(C(=O)CC=O)c([N+](=O)[O-])cc1OC. The van der Waals surface area contributed by atoms with Crippen molar-refractivity contribution in [2.45, 2.75) is 6.42 Å². The highest BCUT2D eigenvalue weighted by molar-refractivity contribution is 6.06. The minimum absolute atomic E-state index is 0.145. The quantitative estimate of drug-likeness (QED) is 0.250. The molecule has 0 saturated heterocycles. The van der Waals surface area contributed by atoms with Crippen molar-refractivity contribution in [3.63, 3.8) is 0 Å². The summed E-state index contributed by atoms with van der Waals surface area (Å²) in [6, 6.07) is 2.29. The predicted octanol–water partition coefficient (Wildman–Crippen LogP) is 1.38. The third kappa shape index (κ3) is 2.62. The number of carbonyl (C=O) groups excluding carboxylic acids is 2. The van der Waals surface area contributed by atoms with Crippen LogP contribution in [0.3, 0.4) is 0 Å². The van der Waals surface area contributed by atoms with Gasteiger partial charge in [0.25, 0.3) is 5.69 Å². The summed E-state index contributed by atoms with van der Waals surface area (Å²) in [6.07, 6.45) is -0.0287. The van der Waals surface area contributed by atoms with Gasteiger partial charge >= 0.3 is 0 Å². The Hall–Kier alpha value is -2.44. The maximum Gasteiger partial charge on any atom is 0.284 e. The van der Waals surface area contributed by atoms with Crippen LogP contribution in [0.5, 0.6) is 11.5 Å². The molecule has 0 spiro atoms. The Bertz CT molecular complexity index is 497. The highest BCUT2D eigenvalue weighted by atomic mass is 16.6. The third-order valence-electron chi connectivity index (χ3n) is 2.27. The fraction of sp³-hybridized carbons (Fsp3) is 0.273. The fourth-order valence-corrected chi connectivity index (χ4v) is 1.43. The normalized spacial score (nSPS) is 9.67. The van der Waals surface area contributed by atoms with E-state index in [4.69, 9.17) is 9.47 Å². The van der Waals surface area contributed by atoms with Gasteiger partial charge in [-0.15, -0.1) is 0 Å². The molecule has 0 N–H and O–H groups in total. The number of rotatable bonds is 6. The molecule has 1 aromatic carbocycles. The van der Waals surface area contributed by atoms with Crippen molar-refractivity contribution in [2.24, 2.45) is 0 Å². The van der Waals surface area contributed by atoms with E-state index in [0.717, 1.165) is 6.07 Å². The van der Waals surface area contributed by atoms with Gasteiger partial charge in [0, 0.05) is 6.07 Å². The van der Waals surface area contributed by atoms with E-state index >= 15 is 0 Å². The molecule has 0 fully saturated rings. The van der Waals surface area contributed by atoms with Crippen molar-refractivity contribution in [3.8, 4) is 11.5 Å². The molecule has 0 bridgehead atoms. The van der Waals surface area contributed by atoms with E-state index < -0.39 is 22.8 Å². The minimum Gasteiger partial charge on any atom is -0.493 e. The number of carbonyl (C=O) groups is 2. The van der Waals surface area contributed by atoms with Gasteiger partial charge in [-0.1, -0.05) is 0 Å². The second-order valence-corrected chi connectivity index (χ2v) is 3.28. The maximum absolute atomic E-state index is 11.6. The van der Waals surface area contributed by atoms with Crippen LogP contribution in [0.2, 0.25) is 0 Å². The summed E-state index contributed by atoms with van der Waals surface area (Å²) in [6.45, 7) is 0. The zero-order valence-corrected chi connectivity index (χ0v) is 9.84. The number of hydrogen-bond donors (Lipinski definition) is 0. The summed E-state index contributed by atoms with van der Waals surface area (Å²) in [4.78, 5) is 32.1. The third-order valence-corrected chi connectivity index (χ3v) is 2.27. The van der Waals surface area contributed by atoms with E-state index in [1.165, 1.54) is 20.3 Å². The van der Waals surface area contributed by atoms with Crippen molar-refractivity contribution < 1.29 is 24.0 Å². The van der Waals surface area contributed by atoms with Crippen molar-refractivity contribution >= 4 is 17.8 Å². The van der Waals surface area contributed by atoms with Gasteiger partial charge in [-0.2, -0.15) is 0 Å². The molecule has 0 aliphatic carbocycles. The van der Waals surface area contributed by atoms with E-state index in [9.17, 15) is 19.7 Å². The van der Waals surface area contributed by atoms with E-state index in [1.54, 1.807) is 0 Å². The molecule has 7 heteroatoms. The Morgan fingerprint density at radius 3 is 2.33 bits per heavy atom. The first-order chi connectivity index (χ1) is 8.54. The summed E-state index contributed by atoms with van der Waals surface area (Å²) in [5.41, 5.74) is -0.593. The van der Waals surface area contributed by atoms with Crippen LogP contribution >= 0.6 is 0 Å². The number of aldehydes is 1. The van der Waals surface area contributed by atoms with Crippen LogP contribution in [0.15, 0.2) is 12.1 Å². The summed E-state index contributed by atoms with van der Waals surface area (Å²) in [5.74, 6) is -0.304. The van der Waals surface area contributed by atoms with Gasteiger partial charge in [-0.25, -0.2) is 0 Å². The lowest BCUT2D eigenvalue weighted by Crippen LogP contribution is -2.06. The van der Waals surface area contributed by atoms with Gasteiger partial charge < -0.3 is 14.3 Å². The molecule has 0 heterocycles. The highest BCUT2D eigenvalue weighted by Crippen LogP contribution is 2.34. The number of nitrogens with zero attached hydrogens (tertiary/aromatic N) is 1. The Morgan fingerprint density at radius 1 is 1.33 bits per heavy atom. The zero-order valence-electron chi connectivity index (χ0n) is 9.84. The number of benzene rings is 1. The Morgan fingerprint density at radius 2 is 1.89 bits per heavy atom. The zero-order chi connectivity index (χ0) is 13.7. The second-order valence-electron chi connectivity index (χ2n) is 3.28. The first-order valence-corrected chi connectivity index (χ1v) is 4.92. The molecule has 0 aromatic heterocycles. The van der Waals surface area contributed by atoms with Crippen LogP contribution in [0, 0.1) is 10.1 Å². The van der Waals surface area contributed by atoms with Crippen LogP contribution in [0.25, 0.3) is 0 Å². The maximum atomic E-state index is 11.6. The molecule has 0 saturated carbocycles. The first kappa shape index (κ1) is 13.6. The van der Waals surface area contributed by atoms with Gasteiger partial charge in [0.2, 0.25) is 0 Å². The Balaban J connectivity index is 3.42. The molecule has 1 aromatic rings. The van der Waals surface area contributed by atoms with Crippen molar-refractivity contribution in [2.75, 3.05) is 14.2 Å². The molecule has 18 heavy (non-hydrogen) atoms. The number of ether oxygens (including phenoxy) is 2. The number of Topliss-reactive ketones (excluding diaryl/α,β-unsaturated/α-hetero) is 1. The van der Waals surface area contributed by atoms with Crippen molar-refractivity contribution in [1.29, 1.82) is 0 Å². The number of nitro groups is 1. The number of methoxy groups -OCH3 is 2. The van der Waals surface area contributed by atoms with E-state index in [0.29, 0.717) is 6.29 Å². The predicted molar refractivity (Wildman–Crippen MR) is 61.2 cm³/mol. The molecule has 0 atom stereocenters. The molecule has 0 radical (unpaired) electrons. The van der Waals surface area contributed by atoms with Crippen molar-refractivity contribution in [3.05, 3.63) is 27.8 Å². The molecule has 1 rings (SSSR count). The second kappa shape index (κ2) is 5.76. The monoisotopic (exact) mass is 253 g/mol. The molecular formula is C11H11NO6. The lowest BCUT2D eigenvalue weighted by molar-refractivity contribution is -0.385. The highest BCUT2D eigenvalue weighted by Gasteiger charge is 2.23. The molecular weight excluding hydrogens is 242 g/mol. The molecule has 7 nitrogen and oxygen atoms in total. The number of nitro benzene ring substituents is 1. The Kier molecular flexibility index (Phi) is 4.36. The standard InChI is InChI=1S/C11H11NO6/c1-17-10-5-7(9(14)3-4-13)8(12(15)16)6-11(10)18-2/h4-6H,3H2,1-2H3. The van der Waals surface area contributed by atoms with Crippen LogP contribution in [0.4, 0.5) is 5.69 Å². The Labute approximate surface area is 102 Å². The van der Waals surface area contributed by atoms with E-state index in [2.05, 4.69) is 0 Å². The largest absolute Gasteiger partial charge is 0.493 e. The topological polar surface area (TPSA) is 95.7 Å². The first-order valence-electron chi connectivity index (χ1n) is 4.92. The molecule has 0 amide bonds. The van der Waals surface area contributed by atoms with Gasteiger partial charge in [0.05, 0.1) is 37.2 Å². The van der Waals surface area contributed by atoms with Gasteiger partial charge in [-0.3, -0.25) is 14.9 Å². The van der Waals surface area contributed by atoms with Crippen LogP contribution in [-0.2, 0) is 4.79 Å². The van der Waals surface area contributed by atoms with E-state index in [-0.39, 0.29) is 17.1 Å². The molecule has 0 aliphatic heterocycles. The summed E-state index contributed by atoms with van der Waals surface area (Å²) >= 11 is 0. The lowest BCUT2D eigenvalue weighted by atomic mass is 10.1. The molecule has 0 unspecified atom stereocenters. The summed E-state index contributed by atoms with van der Waals surface area (Å²) < 4.78 is 9.86.